The molecule has 0 unspecified atom stereocenters. The molecular formula is C10H16N4O5. The van der Waals surface area contributed by atoms with Crippen molar-refractivity contribution in [2.45, 2.75) is 13.5 Å². The van der Waals surface area contributed by atoms with Crippen molar-refractivity contribution in [3.8, 4) is 0 Å². The molecule has 106 valence electrons. The van der Waals surface area contributed by atoms with Gasteiger partial charge in [-0.1, -0.05) is 4.98 Å². The molecule has 0 radical (unpaired) electrons. The number of aromatic nitrogens is 2. The van der Waals surface area contributed by atoms with Gasteiger partial charge in [0.2, 0.25) is 0 Å². The van der Waals surface area contributed by atoms with Crippen molar-refractivity contribution in [3.05, 3.63) is 22.0 Å². The first-order valence-corrected chi connectivity index (χ1v) is 5.68. The highest BCUT2D eigenvalue weighted by atomic mass is 16.6. The van der Waals surface area contributed by atoms with E-state index in [1.807, 2.05) is 0 Å². The van der Waals surface area contributed by atoms with Crippen LogP contribution in [0.1, 0.15) is 12.6 Å². The Morgan fingerprint density at radius 2 is 2.37 bits per heavy atom. The Bertz CT molecular complexity index is 459. The van der Waals surface area contributed by atoms with Crippen LogP contribution >= 0.6 is 0 Å². The molecule has 0 bridgehead atoms. The standard InChI is InChI=1S/C10H16N4O5/c1-3-13(4-5-15)10(16)19-7-8-6-11-9(12(8)2)14(17)18/h6,15H,3-5,7H2,1-2H3. The molecule has 0 atom stereocenters. The second-order valence-corrected chi connectivity index (χ2v) is 3.72. The Morgan fingerprint density at radius 1 is 1.68 bits per heavy atom. The molecule has 1 rings (SSSR count). The molecule has 0 fully saturated rings. The number of likely N-dealkylation sites (N-methyl/N-ethyl adjacent to an activating group) is 1. The Balaban J connectivity index is 2.62. The van der Waals surface area contributed by atoms with Gasteiger partial charge in [0.25, 0.3) is 0 Å². The Labute approximate surface area is 109 Å². The highest BCUT2D eigenvalue weighted by Gasteiger charge is 2.19. The topological polar surface area (TPSA) is 111 Å². The van der Waals surface area contributed by atoms with E-state index in [-0.39, 0.29) is 25.7 Å². The molecule has 9 nitrogen and oxygen atoms in total. The molecule has 0 aliphatic rings. The molecule has 0 saturated carbocycles. The molecule has 0 saturated heterocycles. The lowest BCUT2D eigenvalue weighted by Crippen LogP contribution is -2.33. The van der Waals surface area contributed by atoms with Crippen molar-refractivity contribution in [2.75, 3.05) is 19.7 Å². The molecule has 1 N–H and O–H groups in total. The first-order valence-electron chi connectivity index (χ1n) is 5.68. The number of imidazole rings is 1. The highest BCUT2D eigenvalue weighted by molar-refractivity contribution is 5.67. The van der Waals surface area contributed by atoms with Crippen LogP contribution in [0.5, 0.6) is 0 Å². The van der Waals surface area contributed by atoms with E-state index in [4.69, 9.17) is 9.84 Å². The Hall–Kier alpha value is -2.16. The summed E-state index contributed by atoms with van der Waals surface area (Å²) >= 11 is 0. The predicted octanol–water partition coefficient (Wildman–Crippen LogP) is 0.279. The second-order valence-electron chi connectivity index (χ2n) is 3.72. The number of aliphatic hydroxyl groups excluding tert-OH is 1. The average Bonchev–Trinajstić information content (AvgIpc) is 2.74. The van der Waals surface area contributed by atoms with Gasteiger partial charge in [-0.3, -0.25) is 0 Å². The lowest BCUT2D eigenvalue weighted by atomic mass is 10.5. The van der Waals surface area contributed by atoms with Gasteiger partial charge < -0.3 is 24.9 Å². The quantitative estimate of drug-likeness (QED) is 0.588. The fraction of sp³-hybridized carbons (Fsp3) is 0.600. The van der Waals surface area contributed by atoms with Gasteiger partial charge in [-0.25, -0.2) is 9.36 Å². The summed E-state index contributed by atoms with van der Waals surface area (Å²) in [5, 5.41) is 19.4. The van der Waals surface area contributed by atoms with Crippen LogP contribution in [-0.2, 0) is 18.4 Å². The lowest BCUT2D eigenvalue weighted by Gasteiger charge is -2.18. The van der Waals surface area contributed by atoms with Crippen molar-refractivity contribution >= 4 is 12.0 Å². The van der Waals surface area contributed by atoms with E-state index >= 15 is 0 Å². The van der Waals surface area contributed by atoms with E-state index in [0.29, 0.717) is 12.2 Å². The second kappa shape index (κ2) is 6.69. The van der Waals surface area contributed by atoms with E-state index in [1.54, 1.807) is 6.92 Å². The van der Waals surface area contributed by atoms with Crippen LogP contribution in [0.15, 0.2) is 6.20 Å². The summed E-state index contributed by atoms with van der Waals surface area (Å²) in [7, 11) is 1.47. The minimum absolute atomic E-state index is 0.113. The summed E-state index contributed by atoms with van der Waals surface area (Å²) < 4.78 is 6.25. The number of nitro groups is 1. The lowest BCUT2D eigenvalue weighted by molar-refractivity contribution is -0.396. The molecule has 1 amide bonds. The Morgan fingerprint density at radius 3 is 2.84 bits per heavy atom. The minimum atomic E-state index is -0.616. The summed E-state index contributed by atoms with van der Waals surface area (Å²) in [5.74, 6) is -0.311. The minimum Gasteiger partial charge on any atom is -0.441 e. The fourth-order valence-electron chi connectivity index (χ4n) is 1.46. The first kappa shape index (κ1) is 14.9. The van der Waals surface area contributed by atoms with E-state index in [1.165, 1.54) is 22.7 Å². The number of aliphatic hydroxyl groups is 1. The summed E-state index contributed by atoms with van der Waals surface area (Å²) in [5.41, 5.74) is 0.417. The summed E-state index contributed by atoms with van der Waals surface area (Å²) in [6, 6.07) is 0. The van der Waals surface area contributed by atoms with Crippen LogP contribution in [0.2, 0.25) is 0 Å². The maximum absolute atomic E-state index is 11.6. The highest BCUT2D eigenvalue weighted by Crippen LogP contribution is 2.11. The number of carbonyl (C=O) groups is 1. The van der Waals surface area contributed by atoms with Gasteiger partial charge in [-0.15, -0.1) is 0 Å². The van der Waals surface area contributed by atoms with Crippen LogP contribution in [-0.4, -0.2) is 50.3 Å². The summed E-state index contributed by atoms with van der Waals surface area (Å²) in [6.45, 7) is 2.08. The number of ether oxygens (including phenoxy) is 1. The van der Waals surface area contributed by atoms with Crippen LogP contribution in [0.4, 0.5) is 10.7 Å². The molecule has 1 aromatic rings. The van der Waals surface area contributed by atoms with Crippen LogP contribution in [0, 0.1) is 10.1 Å². The zero-order valence-electron chi connectivity index (χ0n) is 10.8. The van der Waals surface area contributed by atoms with E-state index < -0.39 is 11.0 Å². The van der Waals surface area contributed by atoms with Crippen LogP contribution < -0.4 is 0 Å². The number of carbonyl (C=O) groups excluding carboxylic acids is 1. The van der Waals surface area contributed by atoms with E-state index in [9.17, 15) is 14.9 Å². The number of hydrogen-bond donors (Lipinski definition) is 1. The molecular weight excluding hydrogens is 256 g/mol. The van der Waals surface area contributed by atoms with E-state index in [0.717, 1.165) is 0 Å². The van der Waals surface area contributed by atoms with Gasteiger partial charge in [0.05, 0.1) is 13.7 Å². The molecule has 0 aromatic carbocycles. The molecule has 9 heteroatoms. The maximum atomic E-state index is 11.6. The molecule has 1 aromatic heterocycles. The maximum Gasteiger partial charge on any atom is 0.434 e. The van der Waals surface area contributed by atoms with Crippen LogP contribution in [0.3, 0.4) is 0 Å². The Kier molecular flexibility index (Phi) is 5.24. The summed E-state index contributed by atoms with van der Waals surface area (Å²) in [6.07, 6.45) is 0.702. The van der Waals surface area contributed by atoms with Gasteiger partial charge >= 0.3 is 12.0 Å². The molecule has 0 spiro atoms. The SMILES string of the molecule is CCN(CCO)C(=O)OCc1cnc([N+](=O)[O-])n1C. The van der Waals surface area contributed by atoms with Crippen molar-refractivity contribution in [3.63, 3.8) is 0 Å². The molecule has 19 heavy (non-hydrogen) atoms. The van der Waals surface area contributed by atoms with Gasteiger partial charge in [-0.05, 0) is 11.8 Å². The number of rotatable bonds is 6. The normalized spacial score (nSPS) is 10.3. The number of nitrogens with zero attached hydrogens (tertiary/aromatic N) is 4. The van der Waals surface area contributed by atoms with Crippen molar-refractivity contribution < 1.29 is 19.6 Å². The van der Waals surface area contributed by atoms with Gasteiger partial charge in [-0.2, -0.15) is 0 Å². The van der Waals surface area contributed by atoms with Gasteiger partial charge in [0.1, 0.15) is 6.20 Å². The third-order valence-electron chi connectivity index (χ3n) is 2.58. The zero-order valence-corrected chi connectivity index (χ0v) is 10.8. The van der Waals surface area contributed by atoms with Crippen molar-refractivity contribution in [1.82, 2.24) is 14.5 Å². The monoisotopic (exact) mass is 272 g/mol. The average molecular weight is 272 g/mol. The predicted molar refractivity (Wildman–Crippen MR) is 64.4 cm³/mol. The van der Waals surface area contributed by atoms with E-state index in [2.05, 4.69) is 4.98 Å². The smallest absolute Gasteiger partial charge is 0.434 e. The molecule has 0 aliphatic heterocycles. The molecule has 0 aliphatic carbocycles. The fourth-order valence-corrected chi connectivity index (χ4v) is 1.46. The molecule has 1 heterocycles. The van der Waals surface area contributed by atoms with Crippen LogP contribution in [0.25, 0.3) is 0 Å². The largest absolute Gasteiger partial charge is 0.441 e. The number of hydrogen-bond acceptors (Lipinski definition) is 6. The van der Waals surface area contributed by atoms with Gasteiger partial charge in [0.15, 0.2) is 12.3 Å². The zero-order chi connectivity index (χ0) is 14.4. The first-order chi connectivity index (χ1) is 9.01. The third kappa shape index (κ3) is 3.65. The van der Waals surface area contributed by atoms with Crippen molar-refractivity contribution in [1.29, 1.82) is 0 Å². The third-order valence-corrected chi connectivity index (χ3v) is 2.58. The summed E-state index contributed by atoms with van der Waals surface area (Å²) in [4.78, 5) is 26.5. The van der Waals surface area contributed by atoms with Gasteiger partial charge in [0, 0.05) is 13.1 Å². The number of amides is 1. The van der Waals surface area contributed by atoms with Crippen molar-refractivity contribution in [2.24, 2.45) is 7.05 Å².